The maximum atomic E-state index is 9.75. The molecule has 3 atom stereocenters. The number of hydrogen-bond acceptors (Lipinski definition) is 5. The van der Waals surface area contributed by atoms with Gasteiger partial charge in [-0.3, -0.25) is 0 Å². The molecular formula is C14H15ClN4O2. The lowest BCUT2D eigenvalue weighted by atomic mass is 9.77. The van der Waals surface area contributed by atoms with E-state index in [0.717, 1.165) is 6.42 Å². The minimum absolute atomic E-state index is 0.0200. The number of aliphatic hydroxyl groups excluding tert-OH is 2. The van der Waals surface area contributed by atoms with Crippen LogP contribution in [0.25, 0.3) is 11.2 Å². The topological polar surface area (TPSA) is 84.1 Å². The van der Waals surface area contributed by atoms with Crippen LogP contribution in [-0.4, -0.2) is 42.9 Å². The summed E-state index contributed by atoms with van der Waals surface area (Å²) in [5.41, 5.74) is 0.826. The van der Waals surface area contributed by atoms with Crippen molar-refractivity contribution in [1.82, 2.24) is 19.5 Å². The Hall–Kier alpha value is -1.50. The van der Waals surface area contributed by atoms with Gasteiger partial charge in [0.1, 0.15) is 11.8 Å². The number of aliphatic hydroxyl groups is 2. The highest BCUT2D eigenvalue weighted by Crippen LogP contribution is 2.57. The van der Waals surface area contributed by atoms with Gasteiger partial charge in [0.25, 0.3) is 0 Å². The Kier molecular flexibility index (Phi) is 2.82. The summed E-state index contributed by atoms with van der Waals surface area (Å²) in [4.78, 5) is 12.6. The molecule has 21 heavy (non-hydrogen) atoms. The van der Waals surface area contributed by atoms with Gasteiger partial charge in [0.05, 0.1) is 19.5 Å². The first-order valence-corrected chi connectivity index (χ1v) is 7.31. The second kappa shape index (κ2) is 4.50. The average Bonchev–Trinajstić information content (AvgIpc) is 3.17. The average molecular weight is 307 g/mol. The van der Waals surface area contributed by atoms with Crippen molar-refractivity contribution in [2.45, 2.75) is 12.5 Å². The fourth-order valence-electron chi connectivity index (χ4n) is 3.93. The second-order valence-corrected chi connectivity index (χ2v) is 6.29. The lowest BCUT2D eigenvalue weighted by molar-refractivity contribution is 0.0290. The van der Waals surface area contributed by atoms with E-state index in [1.165, 1.54) is 6.33 Å². The highest BCUT2D eigenvalue weighted by molar-refractivity contribution is 6.33. The van der Waals surface area contributed by atoms with Crippen molar-refractivity contribution in [2.75, 3.05) is 13.2 Å². The summed E-state index contributed by atoms with van der Waals surface area (Å²) in [6.45, 7) is -0.0399. The number of allylic oxidation sites excluding steroid dienone is 2. The van der Waals surface area contributed by atoms with Crippen molar-refractivity contribution < 1.29 is 10.2 Å². The van der Waals surface area contributed by atoms with E-state index in [4.69, 9.17) is 11.6 Å². The van der Waals surface area contributed by atoms with E-state index in [-0.39, 0.29) is 31.1 Å². The van der Waals surface area contributed by atoms with Crippen LogP contribution in [0.3, 0.4) is 0 Å². The third-order valence-corrected chi connectivity index (χ3v) is 5.26. The molecule has 2 aromatic rings. The van der Waals surface area contributed by atoms with Gasteiger partial charge in [-0.25, -0.2) is 15.0 Å². The predicted octanol–water partition coefficient (Wildman–Crippen LogP) is 1.20. The molecule has 110 valence electrons. The third-order valence-electron chi connectivity index (χ3n) is 4.99. The smallest absolute Gasteiger partial charge is 0.165 e. The third kappa shape index (κ3) is 1.64. The first kappa shape index (κ1) is 13.2. The van der Waals surface area contributed by atoms with Gasteiger partial charge in [0, 0.05) is 17.4 Å². The van der Waals surface area contributed by atoms with Crippen LogP contribution in [0.1, 0.15) is 12.5 Å². The zero-order chi connectivity index (χ0) is 14.6. The molecule has 2 aliphatic rings. The maximum absolute atomic E-state index is 9.75. The standard InChI is InChI=1S/C14H15ClN4O2/c15-12-10-13(17-6-16-12)19(7-18-10)11-8-1-2-9(11)14(3-8,4-20)5-21/h1-2,6-9,11,20-21H,3-5H2. The quantitative estimate of drug-likeness (QED) is 0.657. The van der Waals surface area contributed by atoms with Crippen molar-refractivity contribution in [1.29, 1.82) is 0 Å². The van der Waals surface area contributed by atoms with Crippen LogP contribution >= 0.6 is 11.6 Å². The Morgan fingerprint density at radius 1 is 1.24 bits per heavy atom. The van der Waals surface area contributed by atoms with Crippen molar-refractivity contribution in [3.8, 4) is 0 Å². The van der Waals surface area contributed by atoms with Crippen molar-refractivity contribution in [2.24, 2.45) is 17.3 Å². The minimum atomic E-state index is -0.461. The number of aromatic nitrogens is 4. The van der Waals surface area contributed by atoms with Crippen LogP contribution in [0.2, 0.25) is 5.15 Å². The van der Waals surface area contributed by atoms with Gasteiger partial charge in [-0.15, -0.1) is 0 Å². The van der Waals surface area contributed by atoms with E-state index in [1.54, 1.807) is 6.33 Å². The van der Waals surface area contributed by atoms with E-state index in [9.17, 15) is 10.2 Å². The summed E-state index contributed by atoms with van der Waals surface area (Å²) in [7, 11) is 0. The van der Waals surface area contributed by atoms with E-state index < -0.39 is 5.41 Å². The van der Waals surface area contributed by atoms with E-state index >= 15 is 0 Å². The molecule has 2 heterocycles. The van der Waals surface area contributed by atoms with Crippen LogP contribution in [0.15, 0.2) is 24.8 Å². The van der Waals surface area contributed by atoms with Crippen LogP contribution < -0.4 is 0 Å². The highest BCUT2D eigenvalue weighted by Gasteiger charge is 2.55. The van der Waals surface area contributed by atoms with E-state index in [1.807, 2.05) is 4.57 Å². The zero-order valence-corrected chi connectivity index (χ0v) is 12.0. The SMILES string of the molecule is OCC1(CO)CC2C=CC1C2n1cnc2c(Cl)ncnc21. The predicted molar refractivity (Wildman–Crippen MR) is 76.7 cm³/mol. The van der Waals surface area contributed by atoms with Gasteiger partial charge < -0.3 is 14.8 Å². The Morgan fingerprint density at radius 3 is 2.76 bits per heavy atom. The molecule has 2 N–H and O–H groups in total. The Bertz CT molecular complexity index is 725. The van der Waals surface area contributed by atoms with E-state index in [2.05, 4.69) is 27.1 Å². The molecule has 1 saturated carbocycles. The molecule has 0 spiro atoms. The molecule has 0 aromatic carbocycles. The molecule has 2 bridgehead atoms. The van der Waals surface area contributed by atoms with Crippen molar-refractivity contribution in [3.05, 3.63) is 30.0 Å². The molecule has 1 fully saturated rings. The summed E-state index contributed by atoms with van der Waals surface area (Å²) in [6, 6.07) is 0.111. The molecule has 3 unspecified atom stereocenters. The molecule has 0 aliphatic heterocycles. The van der Waals surface area contributed by atoms with E-state index in [0.29, 0.717) is 16.3 Å². The molecule has 4 rings (SSSR count). The number of hydrogen-bond donors (Lipinski definition) is 2. The summed E-state index contributed by atoms with van der Waals surface area (Å²) in [5, 5.41) is 19.8. The fourth-order valence-corrected chi connectivity index (χ4v) is 4.10. The summed E-state index contributed by atoms with van der Waals surface area (Å²) >= 11 is 6.05. The van der Waals surface area contributed by atoms with Gasteiger partial charge in [0.2, 0.25) is 0 Å². The van der Waals surface area contributed by atoms with Gasteiger partial charge in [-0.05, 0) is 12.3 Å². The normalized spacial score (nSPS) is 29.6. The second-order valence-electron chi connectivity index (χ2n) is 5.94. The molecule has 2 aromatic heterocycles. The molecule has 0 radical (unpaired) electrons. The molecule has 6 nitrogen and oxygen atoms in total. The zero-order valence-electron chi connectivity index (χ0n) is 11.2. The Balaban J connectivity index is 1.83. The first-order valence-electron chi connectivity index (χ1n) is 6.93. The van der Waals surface area contributed by atoms with Crippen molar-refractivity contribution in [3.63, 3.8) is 0 Å². The Labute approximate surface area is 126 Å². The first-order chi connectivity index (χ1) is 10.2. The summed E-state index contributed by atoms with van der Waals surface area (Å²) < 4.78 is 2.01. The molecule has 0 saturated heterocycles. The summed E-state index contributed by atoms with van der Waals surface area (Å²) in [6.07, 6.45) is 8.18. The largest absolute Gasteiger partial charge is 0.396 e. The number of fused-ring (bicyclic) bond motifs is 3. The van der Waals surface area contributed by atoms with Crippen LogP contribution in [0, 0.1) is 17.3 Å². The monoisotopic (exact) mass is 306 g/mol. The maximum Gasteiger partial charge on any atom is 0.165 e. The van der Waals surface area contributed by atoms with Gasteiger partial charge >= 0.3 is 0 Å². The number of rotatable bonds is 3. The molecule has 2 aliphatic carbocycles. The molecular weight excluding hydrogens is 292 g/mol. The lowest BCUT2D eigenvalue weighted by Crippen LogP contribution is -2.35. The molecule has 0 amide bonds. The van der Waals surface area contributed by atoms with Crippen LogP contribution in [-0.2, 0) is 0 Å². The lowest BCUT2D eigenvalue weighted by Gasteiger charge is -2.32. The number of imidazole rings is 1. The fraction of sp³-hybridized carbons (Fsp3) is 0.500. The van der Waals surface area contributed by atoms with Crippen LogP contribution in [0.4, 0.5) is 0 Å². The van der Waals surface area contributed by atoms with Gasteiger partial charge in [-0.1, -0.05) is 23.8 Å². The molecule has 7 heteroatoms. The van der Waals surface area contributed by atoms with Gasteiger partial charge in [0.15, 0.2) is 10.8 Å². The van der Waals surface area contributed by atoms with Gasteiger partial charge in [-0.2, -0.15) is 0 Å². The van der Waals surface area contributed by atoms with Crippen LogP contribution in [0.5, 0.6) is 0 Å². The number of nitrogens with zero attached hydrogens (tertiary/aromatic N) is 4. The highest BCUT2D eigenvalue weighted by atomic mass is 35.5. The number of halogens is 1. The summed E-state index contributed by atoms with van der Waals surface area (Å²) in [5.74, 6) is 0.337. The Morgan fingerprint density at radius 2 is 2.05 bits per heavy atom. The minimum Gasteiger partial charge on any atom is -0.396 e. The van der Waals surface area contributed by atoms with Crippen molar-refractivity contribution >= 4 is 22.8 Å².